The zero-order valence-corrected chi connectivity index (χ0v) is 28.6. The van der Waals surface area contributed by atoms with E-state index >= 15 is 0 Å². The predicted molar refractivity (Wildman–Crippen MR) is 189 cm³/mol. The van der Waals surface area contributed by atoms with Gasteiger partial charge in [-0.1, -0.05) is 97.6 Å². The molecule has 9 heteroatoms. The molecule has 4 aromatic rings. The van der Waals surface area contributed by atoms with E-state index in [2.05, 4.69) is 5.32 Å². The van der Waals surface area contributed by atoms with Gasteiger partial charge in [0, 0.05) is 19.0 Å². The van der Waals surface area contributed by atoms with Gasteiger partial charge in [0.15, 0.2) is 0 Å². The normalized spacial score (nSPS) is 14.1. The molecule has 1 N–H and O–H groups in total. The predicted octanol–water partition coefficient (Wildman–Crippen LogP) is 6.68. The van der Waals surface area contributed by atoms with Crippen molar-refractivity contribution in [2.45, 2.75) is 75.9 Å². The maximum Gasteiger partial charge on any atom is 0.264 e. The molecule has 4 aromatic carbocycles. The summed E-state index contributed by atoms with van der Waals surface area (Å²) in [4.78, 5) is 30.6. The van der Waals surface area contributed by atoms with Crippen molar-refractivity contribution in [1.82, 2.24) is 10.2 Å². The van der Waals surface area contributed by atoms with Gasteiger partial charge in [0.2, 0.25) is 11.8 Å². The van der Waals surface area contributed by atoms with Gasteiger partial charge in [-0.25, -0.2) is 8.42 Å². The van der Waals surface area contributed by atoms with Crippen molar-refractivity contribution in [3.8, 4) is 5.75 Å². The first-order valence-electron chi connectivity index (χ1n) is 16.7. The second-order valence-corrected chi connectivity index (χ2v) is 14.2. The lowest BCUT2D eigenvalue weighted by molar-refractivity contribution is -0.140. The Balaban J connectivity index is 1.55. The van der Waals surface area contributed by atoms with Crippen LogP contribution in [0.15, 0.2) is 114 Å². The van der Waals surface area contributed by atoms with Gasteiger partial charge in [0.1, 0.15) is 18.3 Å². The number of amides is 2. The minimum absolute atomic E-state index is 0.0410. The van der Waals surface area contributed by atoms with Gasteiger partial charge in [-0.3, -0.25) is 13.9 Å². The fraction of sp³-hybridized carbons (Fsp3) is 0.333. The lowest BCUT2D eigenvalue weighted by Crippen LogP contribution is -2.55. The Labute approximate surface area is 284 Å². The lowest BCUT2D eigenvalue weighted by Gasteiger charge is -2.35. The van der Waals surface area contributed by atoms with E-state index in [1.165, 1.54) is 12.1 Å². The summed E-state index contributed by atoms with van der Waals surface area (Å²) in [5.74, 6) is -0.122. The van der Waals surface area contributed by atoms with Gasteiger partial charge in [-0.2, -0.15) is 0 Å². The number of aryl methyl sites for hydroxylation is 1. The first-order chi connectivity index (χ1) is 23.2. The lowest BCUT2D eigenvalue weighted by atomic mass is 9.94. The SMILES string of the molecule is CCOc1ccc(N(CC(=O)N(Cc2cccc(C)c2)C(Cc2ccccc2)C(=O)NC2CCCCC2)S(=O)(=O)c2ccccc2)cc1. The van der Waals surface area contributed by atoms with Crippen LogP contribution in [0.3, 0.4) is 0 Å². The van der Waals surface area contributed by atoms with Crippen molar-refractivity contribution >= 4 is 27.5 Å². The first kappa shape index (κ1) is 34.7. The summed E-state index contributed by atoms with van der Waals surface area (Å²) >= 11 is 0. The fourth-order valence-corrected chi connectivity index (χ4v) is 7.66. The number of rotatable bonds is 14. The number of nitrogens with zero attached hydrogens (tertiary/aromatic N) is 2. The molecule has 1 aliphatic rings. The molecule has 1 aliphatic carbocycles. The molecule has 0 heterocycles. The largest absolute Gasteiger partial charge is 0.494 e. The molecule has 1 atom stereocenters. The number of nitrogens with one attached hydrogen (secondary N) is 1. The Hall–Kier alpha value is -4.63. The summed E-state index contributed by atoms with van der Waals surface area (Å²) in [6.45, 7) is 3.95. The van der Waals surface area contributed by atoms with E-state index in [0.717, 1.165) is 53.1 Å². The standard InChI is InChI=1S/C39H45N3O5S/c1-3-47-35-24-22-34(23-25-35)42(48(45,46)36-20-11-6-12-21-36)29-38(43)41(28-32-17-13-14-30(2)26-32)37(27-31-15-7-4-8-16-31)39(44)40-33-18-9-5-10-19-33/h4,6-8,11-17,20-26,33,37H,3,5,9-10,18-19,27-29H2,1-2H3,(H,40,44). The minimum Gasteiger partial charge on any atom is -0.494 e. The average Bonchev–Trinajstić information content (AvgIpc) is 3.10. The van der Waals surface area contributed by atoms with Gasteiger partial charge in [-0.05, 0) is 74.2 Å². The molecule has 8 nitrogen and oxygen atoms in total. The van der Waals surface area contributed by atoms with Crippen LogP contribution in [0.25, 0.3) is 0 Å². The maximum atomic E-state index is 14.7. The van der Waals surface area contributed by atoms with Crippen LogP contribution in [0, 0.1) is 6.92 Å². The molecule has 2 amide bonds. The molecule has 0 aromatic heterocycles. The average molecular weight is 668 g/mol. The molecule has 0 bridgehead atoms. The van der Waals surface area contributed by atoms with E-state index in [1.54, 1.807) is 47.4 Å². The summed E-state index contributed by atoms with van der Waals surface area (Å²) in [7, 11) is -4.17. The molecule has 0 radical (unpaired) electrons. The molecule has 48 heavy (non-hydrogen) atoms. The monoisotopic (exact) mass is 667 g/mol. The van der Waals surface area contributed by atoms with E-state index in [4.69, 9.17) is 4.74 Å². The number of carbonyl (C=O) groups is 2. The molecule has 0 aliphatic heterocycles. The van der Waals surface area contributed by atoms with Crippen LogP contribution in [0.4, 0.5) is 5.69 Å². The second-order valence-electron chi connectivity index (χ2n) is 12.3. The smallest absolute Gasteiger partial charge is 0.264 e. The van der Waals surface area contributed by atoms with E-state index in [0.29, 0.717) is 18.0 Å². The summed E-state index contributed by atoms with van der Waals surface area (Å²) in [6, 6.07) is 31.4. The van der Waals surface area contributed by atoms with Crippen LogP contribution in [0.1, 0.15) is 55.7 Å². The van der Waals surface area contributed by atoms with Gasteiger partial charge in [0.25, 0.3) is 10.0 Å². The van der Waals surface area contributed by atoms with Crippen LogP contribution >= 0.6 is 0 Å². The van der Waals surface area contributed by atoms with E-state index in [-0.39, 0.29) is 29.8 Å². The third-order valence-corrected chi connectivity index (χ3v) is 10.5. The van der Waals surface area contributed by atoms with E-state index < -0.39 is 28.5 Å². The quantitative estimate of drug-likeness (QED) is 0.162. The molecular formula is C39H45N3O5S. The highest BCUT2D eigenvalue weighted by atomic mass is 32.2. The van der Waals surface area contributed by atoms with Crippen molar-refractivity contribution in [3.05, 3.63) is 126 Å². The molecule has 252 valence electrons. The van der Waals surface area contributed by atoms with Crippen molar-refractivity contribution in [1.29, 1.82) is 0 Å². The zero-order chi connectivity index (χ0) is 33.9. The number of benzene rings is 4. The summed E-state index contributed by atoms with van der Waals surface area (Å²) in [6.07, 6.45) is 5.33. The van der Waals surface area contributed by atoms with Crippen molar-refractivity contribution < 1.29 is 22.7 Å². The molecule has 0 saturated heterocycles. The molecule has 1 fully saturated rings. The Bertz CT molecular complexity index is 1740. The van der Waals surface area contributed by atoms with Crippen LogP contribution < -0.4 is 14.4 Å². The fourth-order valence-electron chi connectivity index (χ4n) is 6.23. The minimum atomic E-state index is -4.17. The summed E-state index contributed by atoms with van der Waals surface area (Å²) in [5, 5.41) is 3.25. The molecule has 5 rings (SSSR count). The number of hydrogen-bond acceptors (Lipinski definition) is 5. The zero-order valence-electron chi connectivity index (χ0n) is 27.8. The second kappa shape index (κ2) is 16.5. The Morgan fingerprint density at radius 3 is 2.12 bits per heavy atom. The van der Waals surface area contributed by atoms with Crippen molar-refractivity contribution in [3.63, 3.8) is 0 Å². The van der Waals surface area contributed by atoms with Gasteiger partial charge < -0.3 is 15.0 Å². The van der Waals surface area contributed by atoms with Crippen LogP contribution in [-0.4, -0.2) is 50.4 Å². The Kier molecular flexibility index (Phi) is 11.9. The summed E-state index contributed by atoms with van der Waals surface area (Å²) in [5.41, 5.74) is 3.10. The van der Waals surface area contributed by atoms with E-state index in [9.17, 15) is 18.0 Å². The highest BCUT2D eigenvalue weighted by molar-refractivity contribution is 7.92. The van der Waals surface area contributed by atoms with Crippen molar-refractivity contribution in [2.24, 2.45) is 0 Å². The van der Waals surface area contributed by atoms with Gasteiger partial charge >= 0.3 is 0 Å². The number of ether oxygens (including phenoxy) is 1. The highest BCUT2D eigenvalue weighted by Crippen LogP contribution is 2.27. The first-order valence-corrected chi connectivity index (χ1v) is 18.2. The highest BCUT2D eigenvalue weighted by Gasteiger charge is 2.35. The van der Waals surface area contributed by atoms with Gasteiger partial charge in [0.05, 0.1) is 17.2 Å². The number of carbonyl (C=O) groups excluding carboxylic acids is 2. The molecule has 1 unspecified atom stereocenters. The van der Waals surface area contributed by atoms with Crippen LogP contribution in [0.5, 0.6) is 5.75 Å². The third kappa shape index (κ3) is 9.04. The van der Waals surface area contributed by atoms with Crippen LogP contribution in [0.2, 0.25) is 0 Å². The number of sulfonamides is 1. The number of anilines is 1. The summed E-state index contributed by atoms with van der Waals surface area (Å²) < 4.78 is 35.1. The molecular weight excluding hydrogens is 623 g/mol. The Morgan fingerprint density at radius 2 is 1.48 bits per heavy atom. The van der Waals surface area contributed by atoms with Crippen molar-refractivity contribution in [2.75, 3.05) is 17.5 Å². The molecule has 0 spiro atoms. The molecule has 1 saturated carbocycles. The topological polar surface area (TPSA) is 96.0 Å². The Morgan fingerprint density at radius 1 is 0.833 bits per heavy atom. The third-order valence-electron chi connectivity index (χ3n) is 8.70. The van der Waals surface area contributed by atoms with Gasteiger partial charge in [-0.15, -0.1) is 0 Å². The maximum absolute atomic E-state index is 14.7. The van der Waals surface area contributed by atoms with E-state index in [1.807, 2.05) is 68.4 Å². The number of hydrogen-bond donors (Lipinski definition) is 1. The van der Waals surface area contributed by atoms with Crippen LogP contribution in [-0.2, 0) is 32.6 Å².